The lowest BCUT2D eigenvalue weighted by atomic mass is 9.82. The highest BCUT2D eigenvalue weighted by Crippen LogP contribution is 2.60. The first-order valence-electron chi connectivity index (χ1n) is 15.2. The highest BCUT2D eigenvalue weighted by molar-refractivity contribution is 6.71. The van der Waals surface area contributed by atoms with Crippen LogP contribution in [0.2, 0.25) is 18.6 Å². The zero-order chi connectivity index (χ0) is 33.0. The number of aliphatic hydroxyl groups excluding tert-OH is 5. The lowest BCUT2D eigenvalue weighted by Crippen LogP contribution is -2.60. The molecule has 1 aromatic rings. The molecule has 4 aliphatic heterocycles. The Morgan fingerprint density at radius 1 is 1.18 bits per heavy atom. The number of carbonyl (C=O) groups excluding carboxylic acids is 3. The van der Waals surface area contributed by atoms with Crippen LogP contribution in [-0.4, -0.2) is 124 Å². The zero-order valence-electron chi connectivity index (χ0n) is 25.6. The smallest absolute Gasteiger partial charge is 0.264 e. The molecule has 15 heteroatoms. The van der Waals surface area contributed by atoms with E-state index < -0.39 is 74.0 Å². The molecule has 45 heavy (non-hydrogen) atoms. The van der Waals surface area contributed by atoms with Crippen molar-refractivity contribution < 1.29 is 54.2 Å². The van der Waals surface area contributed by atoms with Crippen LogP contribution in [-0.2, 0) is 29.5 Å². The fraction of sp³-hybridized carbons (Fsp3) is 0.633. The van der Waals surface area contributed by atoms with Gasteiger partial charge in [0.25, 0.3) is 11.8 Å². The highest BCUT2D eigenvalue weighted by atomic mass is 28.4. The number of benzene rings is 1. The maximum absolute atomic E-state index is 14.3. The quantitative estimate of drug-likeness (QED) is 0.136. The average Bonchev–Trinajstić information content (AvgIpc) is 3.64. The Kier molecular flexibility index (Phi) is 9.31. The molecule has 0 radical (unpaired) electrons. The molecular weight excluding hydrogens is 606 g/mol. The van der Waals surface area contributed by atoms with E-state index in [0.717, 1.165) is 6.42 Å². The normalized spacial score (nSPS) is 36.5. The summed E-state index contributed by atoms with van der Waals surface area (Å²) in [7, 11) is -3.07. The van der Waals surface area contributed by atoms with Crippen LogP contribution in [0.4, 0.5) is 11.4 Å². The summed E-state index contributed by atoms with van der Waals surface area (Å²) in [5.74, 6) is -2.12. The van der Waals surface area contributed by atoms with Crippen LogP contribution >= 0.6 is 0 Å². The number of nitrogens with zero attached hydrogens (tertiary/aromatic N) is 2. The van der Waals surface area contributed by atoms with Gasteiger partial charge in [0, 0.05) is 35.8 Å². The third-order valence-corrected chi connectivity index (χ3v) is 12.2. The van der Waals surface area contributed by atoms with Crippen molar-refractivity contribution in [3.05, 3.63) is 36.4 Å². The molecular formula is C30H43N3O11Si. The summed E-state index contributed by atoms with van der Waals surface area (Å²) >= 11 is 0. The third kappa shape index (κ3) is 5.63. The predicted molar refractivity (Wildman–Crippen MR) is 162 cm³/mol. The summed E-state index contributed by atoms with van der Waals surface area (Å²) in [6.45, 7) is 9.58. The average molecular weight is 650 g/mol. The van der Waals surface area contributed by atoms with Gasteiger partial charge in [-0.1, -0.05) is 13.0 Å². The van der Waals surface area contributed by atoms with E-state index in [-0.39, 0.29) is 37.2 Å². The van der Waals surface area contributed by atoms with Gasteiger partial charge in [0.1, 0.15) is 18.3 Å². The van der Waals surface area contributed by atoms with Crippen molar-refractivity contribution in [1.29, 1.82) is 0 Å². The summed E-state index contributed by atoms with van der Waals surface area (Å²) in [4.78, 5) is 55.5. The van der Waals surface area contributed by atoms with E-state index in [1.807, 2.05) is 6.92 Å². The second-order valence-electron chi connectivity index (χ2n) is 13.0. The number of carbonyl (C=O) groups is 3. The summed E-state index contributed by atoms with van der Waals surface area (Å²) in [5.41, 5.74) is -1.05. The van der Waals surface area contributed by atoms with Gasteiger partial charge < -0.3 is 54.9 Å². The third-order valence-electron chi connectivity index (χ3n) is 9.69. The molecule has 0 aromatic heterocycles. The predicted octanol–water partition coefficient (Wildman–Crippen LogP) is -0.871. The van der Waals surface area contributed by atoms with Crippen molar-refractivity contribution in [2.75, 3.05) is 29.9 Å². The van der Waals surface area contributed by atoms with E-state index in [1.54, 1.807) is 36.2 Å². The molecule has 14 nitrogen and oxygen atoms in total. The number of hydrogen-bond donors (Lipinski definition) is 7. The standard InChI is InChI=1S/C30H43N3O11Si/c1-5-10-33-19-9-8-16(31-27(39)25-23(37)22(36)24(38)28(40)43-25)12-18(19)30(29(33)41)15(2)26(45(3,4)42)20(44-30)13-21(35)32-11-6-7-17(32)14-34/h5,8-9,12,15,17,20,22-26,28,34,36-38,40,42H,1,6-7,10-11,13-14H2,2-4H3,(H,31,39)/t15-,17-,20+,22-,23-,24+,25-,26-,28+,30+/m0/s1. The molecule has 0 aliphatic carbocycles. The van der Waals surface area contributed by atoms with E-state index in [4.69, 9.17) is 9.47 Å². The van der Waals surface area contributed by atoms with E-state index in [2.05, 4.69) is 11.9 Å². The van der Waals surface area contributed by atoms with Gasteiger partial charge in [-0.2, -0.15) is 0 Å². The van der Waals surface area contributed by atoms with Gasteiger partial charge in [0.2, 0.25) is 5.91 Å². The van der Waals surface area contributed by atoms with Crippen molar-refractivity contribution in [2.24, 2.45) is 5.92 Å². The molecule has 3 fully saturated rings. The SMILES string of the molecule is C=CCN1C(=O)[C@]2(O[C@H](CC(=O)N3CCC[C@H]3CO)[C@@H]([Si](C)(C)O)[C@@H]2C)c2cc(NC(=O)[C@H]3O[C@@H](O)[C@H](O)[C@@H](O)[C@@H]3O)ccc21. The van der Waals surface area contributed by atoms with E-state index >= 15 is 0 Å². The van der Waals surface area contributed by atoms with Crippen LogP contribution < -0.4 is 10.2 Å². The van der Waals surface area contributed by atoms with Crippen molar-refractivity contribution in [3.63, 3.8) is 0 Å². The molecule has 4 heterocycles. The summed E-state index contributed by atoms with van der Waals surface area (Å²) in [6.07, 6.45) is -6.96. The first-order valence-corrected chi connectivity index (χ1v) is 18.3. The maximum atomic E-state index is 14.3. The molecule has 5 rings (SSSR count). The largest absolute Gasteiger partial charge is 0.432 e. The highest BCUT2D eigenvalue weighted by Gasteiger charge is 2.66. The minimum absolute atomic E-state index is 0.0852. The monoisotopic (exact) mass is 649 g/mol. The number of nitrogens with one attached hydrogen (secondary N) is 1. The first kappa shape index (κ1) is 33.6. The lowest BCUT2D eigenvalue weighted by Gasteiger charge is -2.37. The summed E-state index contributed by atoms with van der Waals surface area (Å²) < 4.78 is 11.7. The Hall–Kier alpha value is -2.73. The number of hydrogen-bond acceptors (Lipinski definition) is 11. The van der Waals surface area contributed by atoms with E-state index in [0.29, 0.717) is 24.2 Å². The molecule has 1 aromatic carbocycles. The molecule has 4 aliphatic rings. The van der Waals surface area contributed by atoms with Crippen LogP contribution in [0.25, 0.3) is 0 Å². The minimum Gasteiger partial charge on any atom is -0.432 e. The van der Waals surface area contributed by atoms with Gasteiger partial charge in [0.05, 0.1) is 30.9 Å². The topological polar surface area (TPSA) is 210 Å². The molecule has 0 saturated carbocycles. The first-order chi connectivity index (χ1) is 21.2. The van der Waals surface area contributed by atoms with Crippen LogP contribution in [0.15, 0.2) is 30.9 Å². The maximum Gasteiger partial charge on any atom is 0.264 e. The van der Waals surface area contributed by atoms with E-state index in [1.165, 1.54) is 11.0 Å². The molecule has 3 amide bonds. The van der Waals surface area contributed by atoms with Crippen LogP contribution in [0.5, 0.6) is 0 Å². The van der Waals surface area contributed by atoms with Gasteiger partial charge in [0.15, 0.2) is 26.3 Å². The second kappa shape index (κ2) is 12.5. The molecule has 0 bridgehead atoms. The van der Waals surface area contributed by atoms with Gasteiger partial charge in [-0.3, -0.25) is 14.4 Å². The lowest BCUT2D eigenvalue weighted by molar-refractivity contribution is -0.274. The number of likely N-dealkylation sites (tertiary alicyclic amines) is 1. The molecule has 1 spiro atoms. The Morgan fingerprint density at radius 3 is 2.53 bits per heavy atom. The summed E-state index contributed by atoms with van der Waals surface area (Å²) in [5, 5.41) is 52.4. The number of ether oxygens (including phenoxy) is 2. The fourth-order valence-corrected chi connectivity index (χ4v) is 10.2. The Balaban J connectivity index is 1.50. The second-order valence-corrected chi connectivity index (χ2v) is 16.9. The van der Waals surface area contributed by atoms with Crippen molar-refractivity contribution >= 4 is 37.4 Å². The Morgan fingerprint density at radius 2 is 1.89 bits per heavy atom. The van der Waals surface area contributed by atoms with Gasteiger partial charge in [-0.25, -0.2) is 0 Å². The van der Waals surface area contributed by atoms with Crippen molar-refractivity contribution in [3.8, 4) is 0 Å². The van der Waals surface area contributed by atoms with Crippen LogP contribution in [0, 0.1) is 5.92 Å². The molecule has 0 unspecified atom stereocenters. The molecule has 3 saturated heterocycles. The van der Waals surface area contributed by atoms with Crippen molar-refractivity contribution in [1.82, 2.24) is 4.90 Å². The van der Waals surface area contributed by atoms with Crippen molar-refractivity contribution in [2.45, 2.75) is 93.3 Å². The molecule has 248 valence electrons. The van der Waals surface area contributed by atoms with Crippen LogP contribution in [0.1, 0.15) is 31.7 Å². The Labute approximate surface area is 262 Å². The Bertz CT molecular complexity index is 1340. The van der Waals surface area contributed by atoms with E-state index in [9.17, 15) is 44.7 Å². The minimum atomic E-state index is -3.07. The van der Waals surface area contributed by atoms with Gasteiger partial charge in [-0.15, -0.1) is 6.58 Å². The zero-order valence-corrected chi connectivity index (χ0v) is 26.6. The molecule has 10 atom stereocenters. The number of fused-ring (bicyclic) bond motifs is 2. The molecule has 7 N–H and O–H groups in total. The number of aliphatic hydroxyl groups is 5. The van der Waals surface area contributed by atoms with Gasteiger partial charge >= 0.3 is 0 Å². The number of rotatable bonds is 8. The summed E-state index contributed by atoms with van der Waals surface area (Å²) in [6, 6.07) is 4.41. The number of anilines is 2. The van der Waals surface area contributed by atoms with Gasteiger partial charge in [-0.05, 0) is 44.1 Å². The fourth-order valence-electron chi connectivity index (χ4n) is 7.60. The van der Waals surface area contributed by atoms with Crippen LogP contribution in [0.3, 0.4) is 0 Å². The number of amides is 3.